The van der Waals surface area contributed by atoms with Gasteiger partial charge in [0.05, 0.1) is 54.0 Å². The van der Waals surface area contributed by atoms with Crippen molar-refractivity contribution >= 4 is 107 Å². The molecule has 0 saturated carbocycles. The molecule has 0 fully saturated rings. The Morgan fingerprint density at radius 3 is 1.23 bits per heavy atom. The van der Waals surface area contributed by atoms with E-state index in [2.05, 4.69) is 153 Å². The van der Waals surface area contributed by atoms with Crippen molar-refractivity contribution in [3.05, 3.63) is 182 Å². The molecule has 13 aromatic rings. The zero-order chi connectivity index (χ0) is 41.1. The van der Waals surface area contributed by atoms with Gasteiger partial charge < -0.3 is 9.13 Å². The zero-order valence-electron chi connectivity index (χ0n) is 32.7. The second kappa shape index (κ2) is 13.2. The molecule has 7 aromatic carbocycles. The van der Waals surface area contributed by atoms with Crippen LogP contribution in [0.25, 0.3) is 118 Å². The van der Waals surface area contributed by atoms with Gasteiger partial charge in [0.1, 0.15) is 12.1 Å². The molecule has 0 aliphatic carbocycles. The van der Waals surface area contributed by atoms with Gasteiger partial charge in [0.25, 0.3) is 0 Å². The van der Waals surface area contributed by atoms with E-state index in [4.69, 9.17) is 0 Å². The van der Waals surface area contributed by atoms with Crippen LogP contribution in [0, 0.1) is 22.7 Å². The number of nitrogens with zero attached hydrogens (tertiary/aromatic N) is 6. The van der Waals surface area contributed by atoms with Gasteiger partial charge in [0, 0.05) is 88.4 Å². The highest BCUT2D eigenvalue weighted by Gasteiger charge is 2.32. The molecule has 6 heterocycles. The van der Waals surface area contributed by atoms with Crippen molar-refractivity contribution in [1.82, 2.24) is 19.1 Å². The minimum atomic E-state index is 0.400. The first-order valence-corrected chi connectivity index (χ1v) is 21.9. The zero-order valence-corrected chi connectivity index (χ0v) is 34.3. The van der Waals surface area contributed by atoms with E-state index in [0.717, 1.165) is 80.5 Å². The number of benzene rings is 7. The van der Waals surface area contributed by atoms with Crippen molar-refractivity contribution in [3.8, 4) is 45.8 Å². The Bertz CT molecular complexity index is 3890. The Hall–Kier alpha value is -8.14. The van der Waals surface area contributed by atoms with Gasteiger partial charge in [-0.1, -0.05) is 97.1 Å². The third-order valence-corrected chi connectivity index (χ3v) is 14.8. The second-order valence-electron chi connectivity index (χ2n) is 15.5. The number of hydrogen-bond donors (Lipinski definition) is 0. The van der Waals surface area contributed by atoms with E-state index in [1.807, 2.05) is 24.3 Å². The summed E-state index contributed by atoms with van der Waals surface area (Å²) in [7, 11) is 0. The van der Waals surface area contributed by atoms with Crippen LogP contribution in [0.1, 0.15) is 11.1 Å². The van der Waals surface area contributed by atoms with Gasteiger partial charge in [0.2, 0.25) is 0 Å². The Balaban J connectivity index is 1.35. The summed E-state index contributed by atoms with van der Waals surface area (Å²) in [6.45, 7) is 0. The Morgan fingerprint density at radius 1 is 0.387 bits per heavy atom. The van der Waals surface area contributed by atoms with E-state index >= 15 is 0 Å². The van der Waals surface area contributed by atoms with Gasteiger partial charge in [-0.15, -0.1) is 22.7 Å². The summed E-state index contributed by atoms with van der Waals surface area (Å²) in [5, 5.41) is 32.6. The first kappa shape index (κ1) is 34.7. The lowest BCUT2D eigenvalue weighted by molar-refractivity contribution is 1.13. The van der Waals surface area contributed by atoms with Crippen LogP contribution in [0.15, 0.2) is 170 Å². The lowest BCUT2D eigenvalue weighted by atomic mass is 9.86. The standard InChI is InChI=1S/C54H28N6S2/c55-29-41-47(31-21-25-57-26-22-31)42(30-56)50(60-44-14-6-2-10-34(44)38-18-20-40-36-12-4-8-16-46(36)62-54(40)52(38)60)48(32-23-27-58-28-24-32)49(41)59-43-13-5-1-9-33(43)37-17-19-39-35-11-3-7-15-45(35)61-53(39)51(37)59/h1-28H. The number of pyridine rings is 2. The molecular weight excluding hydrogens is 797 g/mol. The van der Waals surface area contributed by atoms with Crippen LogP contribution in [0.4, 0.5) is 0 Å². The lowest BCUT2D eigenvalue weighted by Gasteiger charge is -2.25. The molecule has 6 aromatic heterocycles. The van der Waals surface area contributed by atoms with Gasteiger partial charge in [0.15, 0.2) is 0 Å². The van der Waals surface area contributed by atoms with Crippen LogP contribution < -0.4 is 0 Å². The topological polar surface area (TPSA) is 83.2 Å². The van der Waals surface area contributed by atoms with Crippen LogP contribution in [-0.4, -0.2) is 19.1 Å². The quantitative estimate of drug-likeness (QED) is 0.177. The van der Waals surface area contributed by atoms with Gasteiger partial charge in [-0.2, -0.15) is 10.5 Å². The van der Waals surface area contributed by atoms with Crippen LogP contribution in [0.3, 0.4) is 0 Å². The van der Waals surface area contributed by atoms with Crippen molar-refractivity contribution in [1.29, 1.82) is 10.5 Å². The predicted molar refractivity (Wildman–Crippen MR) is 257 cm³/mol. The van der Waals surface area contributed by atoms with Gasteiger partial charge >= 0.3 is 0 Å². The summed E-state index contributed by atoms with van der Waals surface area (Å²) in [4.78, 5) is 8.87. The fraction of sp³-hybridized carbons (Fsp3) is 0. The number of fused-ring (bicyclic) bond motifs is 14. The van der Waals surface area contributed by atoms with E-state index in [-0.39, 0.29) is 0 Å². The first-order chi connectivity index (χ1) is 30.7. The van der Waals surface area contributed by atoms with E-state index in [0.29, 0.717) is 28.1 Å². The molecule has 6 nitrogen and oxygen atoms in total. The summed E-state index contributed by atoms with van der Waals surface area (Å²) in [5.41, 5.74) is 9.05. The molecule has 0 bridgehead atoms. The van der Waals surface area contributed by atoms with Crippen LogP contribution in [-0.2, 0) is 0 Å². The average Bonchev–Trinajstić information content (AvgIpc) is 4.09. The molecule has 0 spiro atoms. The molecule has 0 aliphatic rings. The number of rotatable bonds is 4. The minimum absolute atomic E-state index is 0.400. The predicted octanol–water partition coefficient (Wildman–Crippen LogP) is 14.5. The first-order valence-electron chi connectivity index (χ1n) is 20.3. The Kier molecular flexibility index (Phi) is 7.38. The summed E-state index contributed by atoms with van der Waals surface area (Å²) >= 11 is 3.54. The SMILES string of the molecule is N#Cc1c(-c2ccncc2)c(C#N)c(-n2c3ccccc3c3ccc4c5ccccc5sc4c32)c(-c2ccncc2)c1-n1c2ccccc2c2ccc3c4ccccc4sc3c21. The number of para-hydroxylation sites is 2. The fourth-order valence-corrected chi connectivity index (χ4v) is 12.4. The molecule has 8 heteroatoms. The number of hydrogen-bond acceptors (Lipinski definition) is 6. The molecule has 0 atom stereocenters. The summed E-state index contributed by atoms with van der Waals surface area (Å²) in [6, 6.07) is 56.2. The van der Waals surface area contributed by atoms with Crippen molar-refractivity contribution in [3.63, 3.8) is 0 Å². The molecule has 0 saturated heterocycles. The monoisotopic (exact) mass is 824 g/mol. The molecule has 0 aliphatic heterocycles. The van der Waals surface area contributed by atoms with E-state index in [1.165, 1.54) is 20.2 Å². The molecule has 0 unspecified atom stereocenters. The maximum atomic E-state index is 11.8. The van der Waals surface area contributed by atoms with Gasteiger partial charge in [-0.25, -0.2) is 0 Å². The normalized spacial score (nSPS) is 11.8. The van der Waals surface area contributed by atoms with Crippen LogP contribution in [0.2, 0.25) is 0 Å². The highest BCUT2D eigenvalue weighted by molar-refractivity contribution is 7.27. The summed E-state index contributed by atoms with van der Waals surface area (Å²) in [6.07, 6.45) is 7.06. The average molecular weight is 825 g/mol. The van der Waals surface area contributed by atoms with Crippen molar-refractivity contribution in [2.45, 2.75) is 0 Å². The number of thiophene rings is 2. The molecule has 0 radical (unpaired) electrons. The van der Waals surface area contributed by atoms with Crippen LogP contribution in [0.5, 0.6) is 0 Å². The maximum Gasteiger partial charge on any atom is 0.102 e. The van der Waals surface area contributed by atoms with Crippen molar-refractivity contribution < 1.29 is 0 Å². The van der Waals surface area contributed by atoms with E-state index in [9.17, 15) is 10.5 Å². The highest BCUT2D eigenvalue weighted by atomic mass is 32.1. The fourth-order valence-electron chi connectivity index (χ4n) is 9.91. The molecule has 13 rings (SSSR count). The number of nitriles is 2. The second-order valence-corrected chi connectivity index (χ2v) is 17.6. The summed E-state index contributed by atoms with van der Waals surface area (Å²) in [5.74, 6) is 0. The molecule has 0 amide bonds. The number of aromatic nitrogens is 4. The highest BCUT2D eigenvalue weighted by Crippen LogP contribution is 2.51. The van der Waals surface area contributed by atoms with Gasteiger partial charge in [-0.05, 0) is 59.7 Å². The molecular formula is C54H28N6S2. The Labute approximate surface area is 361 Å². The van der Waals surface area contributed by atoms with Crippen LogP contribution >= 0.6 is 22.7 Å². The van der Waals surface area contributed by atoms with Crippen molar-refractivity contribution in [2.75, 3.05) is 0 Å². The lowest BCUT2D eigenvalue weighted by Crippen LogP contribution is -2.11. The third kappa shape index (κ3) is 4.65. The largest absolute Gasteiger partial charge is 0.306 e. The third-order valence-electron chi connectivity index (χ3n) is 12.4. The minimum Gasteiger partial charge on any atom is -0.306 e. The molecule has 286 valence electrons. The van der Waals surface area contributed by atoms with E-state index in [1.54, 1.807) is 47.5 Å². The Morgan fingerprint density at radius 2 is 0.774 bits per heavy atom. The molecule has 62 heavy (non-hydrogen) atoms. The molecule has 0 N–H and O–H groups in total. The maximum absolute atomic E-state index is 11.8. The summed E-state index contributed by atoms with van der Waals surface area (Å²) < 4.78 is 9.27. The smallest absolute Gasteiger partial charge is 0.102 e. The van der Waals surface area contributed by atoms with Crippen molar-refractivity contribution in [2.24, 2.45) is 0 Å². The van der Waals surface area contributed by atoms with Gasteiger partial charge in [-0.3, -0.25) is 9.97 Å². The van der Waals surface area contributed by atoms with E-state index < -0.39 is 0 Å².